The molecule has 0 saturated carbocycles. The Morgan fingerprint density at radius 3 is 1.59 bits per heavy atom. The Morgan fingerprint density at radius 1 is 0.588 bits per heavy atom. The van der Waals surface area contributed by atoms with E-state index >= 15 is 0 Å². The third-order valence-corrected chi connectivity index (χ3v) is 16.9. The Labute approximate surface area is 580 Å². The van der Waals surface area contributed by atoms with Crippen LogP contribution in [-0.4, -0.2) is 257 Å². The number of aliphatic carboxylic acids is 2. The van der Waals surface area contributed by atoms with Gasteiger partial charge in [0.1, 0.15) is 30.9 Å². The molecule has 4 atom stereocenters. The fourth-order valence-electron chi connectivity index (χ4n) is 11.7. The van der Waals surface area contributed by atoms with Crippen LogP contribution in [0.5, 0.6) is 0 Å². The SMILES string of the molecule is N#C[C@@H]1CC(F)(F)CN1C(=O)CNC(=O)c1ccnc2c(NC(=O)CCC(=O)NCCCCC(NC(=O)CCC(=O)Nc3cccc4c(C(=O)NCC(=O)N5CC(F)(F)C[C@H]5C#N)ccnc34)C(=O)NCCNC(=O)CCC(C(=O)O)N3CCN(COC=O)CCN(CC(=O)O)CC3)cccc12. The molecular weight excluding hydrogens is 1350 g/mol. The summed E-state index contributed by atoms with van der Waals surface area (Å²) in [7, 11) is 0. The third-order valence-electron chi connectivity index (χ3n) is 16.9. The molecule has 37 heteroatoms. The number of carbonyl (C=O) groups is 13. The molecule has 3 saturated heterocycles. The highest BCUT2D eigenvalue weighted by Gasteiger charge is 2.48. The molecule has 10 N–H and O–H groups in total. The smallest absolute Gasteiger partial charge is 0.320 e. The van der Waals surface area contributed by atoms with Gasteiger partial charge in [0.15, 0.2) is 0 Å². The van der Waals surface area contributed by atoms with Crippen LogP contribution in [0.3, 0.4) is 0 Å². The number of para-hydroxylation sites is 2. The van der Waals surface area contributed by atoms with Gasteiger partial charge in [-0.1, -0.05) is 24.3 Å². The fourth-order valence-corrected chi connectivity index (χ4v) is 11.7. The number of carbonyl (C=O) groups excluding carboxylic acids is 11. The second kappa shape index (κ2) is 37.4. The first-order valence-corrected chi connectivity index (χ1v) is 32.5. The van der Waals surface area contributed by atoms with E-state index in [0.717, 1.165) is 0 Å². The topological polar surface area (TPSA) is 457 Å². The van der Waals surface area contributed by atoms with Gasteiger partial charge in [-0.2, -0.15) is 10.5 Å². The number of likely N-dealkylation sites (tertiary alicyclic amines) is 2. The molecule has 3 aliphatic heterocycles. The molecule has 0 radical (unpaired) electrons. The number of aromatic nitrogens is 2. The number of nitrogens with one attached hydrogen (secondary N) is 8. The minimum Gasteiger partial charge on any atom is -0.480 e. The largest absolute Gasteiger partial charge is 0.480 e. The van der Waals surface area contributed by atoms with E-state index < -0.39 is 159 Å². The van der Waals surface area contributed by atoms with Gasteiger partial charge in [0.25, 0.3) is 30.1 Å². The molecule has 7 rings (SSSR count). The molecule has 2 aromatic carbocycles. The molecule has 2 unspecified atom stereocenters. The maximum absolute atomic E-state index is 14.0. The minimum atomic E-state index is -3.27. The van der Waals surface area contributed by atoms with E-state index in [0.29, 0.717) is 22.9 Å². The van der Waals surface area contributed by atoms with E-state index in [2.05, 4.69) is 52.5 Å². The lowest BCUT2D eigenvalue weighted by Crippen LogP contribution is -2.48. The summed E-state index contributed by atoms with van der Waals surface area (Å²) >= 11 is 0. The van der Waals surface area contributed by atoms with Gasteiger partial charge in [-0.25, -0.2) is 17.6 Å². The number of pyridine rings is 2. The number of nitriles is 2. The van der Waals surface area contributed by atoms with E-state index in [1.165, 1.54) is 60.9 Å². The zero-order valence-corrected chi connectivity index (χ0v) is 55.2. The second-order valence-corrected chi connectivity index (χ2v) is 24.3. The first-order valence-electron chi connectivity index (χ1n) is 32.5. The van der Waals surface area contributed by atoms with Gasteiger partial charge in [0, 0.05) is 127 Å². The van der Waals surface area contributed by atoms with Crippen LogP contribution in [0.4, 0.5) is 28.9 Å². The molecule has 546 valence electrons. The Bertz CT molecular complexity index is 3880. The highest BCUT2D eigenvalue weighted by atomic mass is 19.3. The van der Waals surface area contributed by atoms with E-state index in [9.17, 15) is 101 Å². The predicted octanol–water partition coefficient (Wildman–Crippen LogP) is 0.272. The lowest BCUT2D eigenvalue weighted by Gasteiger charge is -2.30. The fraction of sp³-hybridized carbons (Fsp3) is 0.492. The second-order valence-electron chi connectivity index (χ2n) is 24.3. The molecule has 3 fully saturated rings. The van der Waals surface area contributed by atoms with Crippen molar-refractivity contribution >= 4 is 111 Å². The average molecular weight is 1430 g/mol. The summed E-state index contributed by atoms with van der Waals surface area (Å²) in [5.74, 6) is -16.0. The standard InChI is InChI=1S/C65H77F4N17O16/c66-64(67)29-40(31-70)85(36-64)55(93)33-77-60(97)44-16-19-74-58-42(44)5-3-8-46(58)79-52(90)13-12-51(89)72-18-2-1-7-48(62(99)76-22-21-73-50(88)11-10-49(63(100)101)84-27-25-82(35-57(95)96)23-24-83(26-28-84)38-102-39-87)81-54(92)15-14-53(91)80-47-9-4-6-43-45(17-20-75-59(43)47)61(98)78-34-56(94)86-37-65(68,69)30-41(86)32-71/h3-6,8-9,16-17,19-20,39-41,48-49H,1-2,7,10-15,18,21-30,33-38H2,(H,72,89)(H,73,88)(H,76,99)(H,77,97)(H,78,98)(H,79,90)(H,80,91)(H,81,92)(H,95,96)(H,100,101)/t40-,41-,48?,49?/m0/s1. The highest BCUT2D eigenvalue weighted by Crippen LogP contribution is 2.33. The maximum atomic E-state index is 14.0. The van der Waals surface area contributed by atoms with Crippen molar-refractivity contribution in [2.45, 2.75) is 107 Å². The van der Waals surface area contributed by atoms with E-state index in [1.807, 2.05) is 0 Å². The number of anilines is 2. The van der Waals surface area contributed by atoms with E-state index in [-0.39, 0.29) is 155 Å². The molecular formula is C65H77F4N17O16. The Kier molecular flexibility index (Phi) is 28.7. The number of benzene rings is 2. The number of unbranched alkanes of at least 4 members (excludes halogenated alkanes) is 1. The summed E-state index contributed by atoms with van der Waals surface area (Å²) in [5.41, 5.74) is 0.629. The quantitative estimate of drug-likeness (QED) is 0.0170. The van der Waals surface area contributed by atoms with Gasteiger partial charge in [-0.05, 0) is 49.9 Å². The van der Waals surface area contributed by atoms with Crippen molar-refractivity contribution < 1.29 is 94.8 Å². The predicted molar refractivity (Wildman–Crippen MR) is 350 cm³/mol. The normalized spacial score (nSPS) is 17.4. The number of fused-ring (bicyclic) bond motifs is 2. The molecule has 33 nitrogen and oxygen atoms in total. The molecule has 0 bridgehead atoms. The number of carboxylic acid groups (broad SMARTS) is 2. The van der Waals surface area contributed by atoms with Crippen LogP contribution < -0.4 is 42.5 Å². The van der Waals surface area contributed by atoms with Crippen LogP contribution in [-0.2, 0) is 57.5 Å². The van der Waals surface area contributed by atoms with Crippen molar-refractivity contribution in [2.24, 2.45) is 0 Å². The summed E-state index contributed by atoms with van der Waals surface area (Å²) in [6.07, 6.45) is -0.578. The lowest BCUT2D eigenvalue weighted by molar-refractivity contribution is -0.144. The molecule has 4 aromatic rings. The molecule has 10 amide bonds. The first-order chi connectivity index (χ1) is 48.7. The van der Waals surface area contributed by atoms with Crippen molar-refractivity contribution in [3.05, 3.63) is 72.1 Å². The van der Waals surface area contributed by atoms with E-state index in [1.54, 1.807) is 26.8 Å². The van der Waals surface area contributed by atoms with Gasteiger partial charge in [0.2, 0.25) is 47.3 Å². The monoisotopic (exact) mass is 1430 g/mol. The summed E-state index contributed by atoms with van der Waals surface area (Å²) in [6.45, 7) is -2.33. The van der Waals surface area contributed by atoms with Gasteiger partial charge in [0.05, 0.1) is 78.4 Å². The van der Waals surface area contributed by atoms with Crippen LogP contribution in [0.25, 0.3) is 21.8 Å². The van der Waals surface area contributed by atoms with Gasteiger partial charge in [-0.15, -0.1) is 0 Å². The van der Waals surface area contributed by atoms with Gasteiger partial charge >= 0.3 is 11.9 Å². The number of hydrogen-bond acceptors (Lipinski definition) is 21. The van der Waals surface area contributed by atoms with Gasteiger partial charge < -0.3 is 67.3 Å². The number of halogens is 4. The number of amides is 10. The van der Waals surface area contributed by atoms with Crippen molar-refractivity contribution in [1.29, 1.82) is 10.5 Å². The van der Waals surface area contributed by atoms with Crippen molar-refractivity contribution in [3.63, 3.8) is 0 Å². The van der Waals surface area contributed by atoms with Crippen LogP contribution in [0.2, 0.25) is 0 Å². The number of ether oxygens (including phenoxy) is 1. The zero-order valence-electron chi connectivity index (χ0n) is 55.2. The number of nitrogens with zero attached hydrogens (tertiary/aromatic N) is 9. The van der Waals surface area contributed by atoms with Crippen LogP contribution in [0, 0.1) is 22.7 Å². The number of carboxylic acids is 2. The molecule has 3 aliphatic rings. The summed E-state index contributed by atoms with van der Waals surface area (Å²) < 4.78 is 60.8. The maximum Gasteiger partial charge on any atom is 0.320 e. The van der Waals surface area contributed by atoms with Crippen molar-refractivity contribution in [1.82, 2.24) is 66.4 Å². The first kappa shape index (κ1) is 78.3. The summed E-state index contributed by atoms with van der Waals surface area (Å²) in [6, 6.07) is 9.87. The zero-order chi connectivity index (χ0) is 74.1. The van der Waals surface area contributed by atoms with Crippen molar-refractivity contribution in [2.75, 3.05) is 109 Å². The van der Waals surface area contributed by atoms with Gasteiger partial charge in [-0.3, -0.25) is 87.0 Å². The lowest BCUT2D eigenvalue weighted by atomic mass is 10.1. The minimum absolute atomic E-state index is 0.00143. The van der Waals surface area contributed by atoms with Crippen LogP contribution in [0.1, 0.15) is 91.3 Å². The Balaban J connectivity index is 0.907. The molecule has 102 heavy (non-hydrogen) atoms. The molecule has 0 spiro atoms. The van der Waals surface area contributed by atoms with Crippen molar-refractivity contribution in [3.8, 4) is 12.1 Å². The van der Waals surface area contributed by atoms with E-state index in [4.69, 9.17) is 4.74 Å². The summed E-state index contributed by atoms with van der Waals surface area (Å²) in [4.78, 5) is 182. The molecule has 0 aliphatic carbocycles. The number of hydrogen-bond donors (Lipinski definition) is 10. The molecule has 2 aromatic heterocycles. The molecule has 5 heterocycles. The average Bonchev–Trinajstić information content (AvgIpc) is 1.18. The number of alkyl halides is 4. The Hall–Kier alpha value is -11.0. The number of rotatable bonds is 34. The Morgan fingerprint density at radius 2 is 1.07 bits per heavy atom. The van der Waals surface area contributed by atoms with Crippen LogP contribution in [0.15, 0.2) is 60.9 Å². The van der Waals surface area contributed by atoms with Crippen LogP contribution >= 0.6 is 0 Å². The highest BCUT2D eigenvalue weighted by molar-refractivity contribution is 6.12. The third kappa shape index (κ3) is 23.3. The summed E-state index contributed by atoms with van der Waals surface area (Å²) in [5, 5.41) is 59.4.